The molecule has 2 aromatic rings. The van der Waals surface area contributed by atoms with Gasteiger partial charge in [-0.25, -0.2) is 0 Å². The summed E-state index contributed by atoms with van der Waals surface area (Å²) >= 11 is 0. The van der Waals surface area contributed by atoms with Crippen molar-refractivity contribution in [2.45, 2.75) is 25.9 Å². The number of aromatic amines is 1. The number of morpholine rings is 1. The number of benzene rings is 1. The summed E-state index contributed by atoms with van der Waals surface area (Å²) in [7, 11) is 0. The Balaban J connectivity index is 1.69. The number of hydrogen-bond acceptors (Lipinski definition) is 3. The highest BCUT2D eigenvalue weighted by Crippen LogP contribution is 2.21. The first-order valence-corrected chi connectivity index (χ1v) is 7.70. The molecule has 0 spiro atoms. The first-order valence-electron chi connectivity index (χ1n) is 7.70. The maximum Gasteiger partial charge on any atom is 0.306 e. The van der Waals surface area contributed by atoms with Gasteiger partial charge < -0.3 is 19.7 Å². The largest absolute Gasteiger partial charge is 0.481 e. The molecule has 0 bridgehead atoms. The quantitative estimate of drug-likeness (QED) is 0.900. The number of nitrogens with one attached hydrogen (secondary N) is 1. The summed E-state index contributed by atoms with van der Waals surface area (Å²) in [6, 6.07) is 6.11. The van der Waals surface area contributed by atoms with Crippen LogP contribution in [0.25, 0.3) is 10.9 Å². The van der Waals surface area contributed by atoms with Crippen LogP contribution < -0.4 is 0 Å². The molecule has 2 heterocycles. The molecule has 1 aromatic carbocycles. The van der Waals surface area contributed by atoms with E-state index in [2.05, 4.69) is 11.1 Å². The number of amides is 1. The average molecular weight is 316 g/mol. The third-order valence-electron chi connectivity index (χ3n) is 4.16. The van der Waals surface area contributed by atoms with E-state index in [9.17, 15) is 9.59 Å². The fourth-order valence-electron chi connectivity index (χ4n) is 2.99. The molecule has 1 fully saturated rings. The molecule has 1 saturated heterocycles. The van der Waals surface area contributed by atoms with Crippen molar-refractivity contribution in [1.82, 2.24) is 9.88 Å². The van der Waals surface area contributed by atoms with Gasteiger partial charge in [0.2, 0.25) is 5.91 Å². The highest BCUT2D eigenvalue weighted by atomic mass is 16.5. The lowest BCUT2D eigenvalue weighted by Crippen LogP contribution is -2.46. The Morgan fingerprint density at radius 3 is 3.04 bits per heavy atom. The monoisotopic (exact) mass is 316 g/mol. The molecule has 1 unspecified atom stereocenters. The van der Waals surface area contributed by atoms with Gasteiger partial charge in [-0.3, -0.25) is 9.59 Å². The maximum absolute atomic E-state index is 12.5. The first-order chi connectivity index (χ1) is 11.0. The number of ether oxygens (including phenoxy) is 1. The zero-order valence-corrected chi connectivity index (χ0v) is 13.0. The number of rotatable bonds is 4. The van der Waals surface area contributed by atoms with E-state index in [0.29, 0.717) is 26.1 Å². The van der Waals surface area contributed by atoms with Crippen LogP contribution in [0.2, 0.25) is 0 Å². The van der Waals surface area contributed by atoms with Crippen LogP contribution in [0.3, 0.4) is 0 Å². The lowest BCUT2D eigenvalue weighted by Gasteiger charge is -2.32. The molecule has 23 heavy (non-hydrogen) atoms. The molecule has 3 rings (SSSR count). The van der Waals surface area contributed by atoms with Gasteiger partial charge in [0.1, 0.15) is 0 Å². The summed E-state index contributed by atoms with van der Waals surface area (Å²) in [5.74, 6) is -0.901. The number of carbonyl (C=O) groups excluding carboxylic acids is 1. The van der Waals surface area contributed by atoms with Crippen molar-refractivity contribution in [3.63, 3.8) is 0 Å². The van der Waals surface area contributed by atoms with Gasteiger partial charge in [-0.1, -0.05) is 12.1 Å². The van der Waals surface area contributed by atoms with Crippen molar-refractivity contribution in [3.05, 3.63) is 35.5 Å². The number of carbonyl (C=O) groups is 2. The summed E-state index contributed by atoms with van der Waals surface area (Å²) in [6.45, 7) is 3.27. The molecular formula is C17H20N2O4. The molecule has 6 heteroatoms. The zero-order chi connectivity index (χ0) is 16.4. The summed E-state index contributed by atoms with van der Waals surface area (Å²) in [4.78, 5) is 28.2. The predicted octanol–water partition coefficient (Wildman–Crippen LogP) is 1.72. The fourth-order valence-corrected chi connectivity index (χ4v) is 2.99. The molecular weight excluding hydrogens is 296 g/mol. The molecule has 0 saturated carbocycles. The number of aryl methyl sites for hydroxylation is 1. The van der Waals surface area contributed by atoms with E-state index in [4.69, 9.17) is 9.84 Å². The van der Waals surface area contributed by atoms with Crippen LogP contribution in [0.5, 0.6) is 0 Å². The number of nitrogens with zero attached hydrogens (tertiary/aromatic N) is 1. The molecule has 1 aliphatic heterocycles. The Bertz CT molecular complexity index is 737. The van der Waals surface area contributed by atoms with E-state index in [1.165, 1.54) is 5.56 Å². The Kier molecular flexibility index (Phi) is 4.34. The topological polar surface area (TPSA) is 82.6 Å². The summed E-state index contributed by atoms with van der Waals surface area (Å²) in [5, 5.41) is 9.91. The summed E-state index contributed by atoms with van der Waals surface area (Å²) < 4.78 is 5.41. The van der Waals surface area contributed by atoms with Crippen molar-refractivity contribution < 1.29 is 19.4 Å². The van der Waals surface area contributed by atoms with Gasteiger partial charge in [0.25, 0.3) is 0 Å². The molecule has 1 aliphatic rings. The highest BCUT2D eigenvalue weighted by Gasteiger charge is 2.26. The van der Waals surface area contributed by atoms with Crippen LogP contribution in [0.15, 0.2) is 24.4 Å². The van der Waals surface area contributed by atoms with Crippen molar-refractivity contribution in [3.8, 4) is 0 Å². The van der Waals surface area contributed by atoms with Crippen LogP contribution >= 0.6 is 0 Å². The Labute approximate surface area is 134 Å². The standard InChI is InChI=1S/C17H20N2O4/c1-11-2-3-14-12(9-18-15(14)6-11)7-16(20)19-4-5-23-13(10-19)8-17(21)22/h2-3,6,9,13,18H,4-5,7-8,10H2,1H3,(H,21,22). The third kappa shape index (κ3) is 3.53. The number of hydrogen-bond donors (Lipinski definition) is 2. The molecule has 0 radical (unpaired) electrons. The van der Waals surface area contributed by atoms with E-state index in [1.807, 2.05) is 25.3 Å². The maximum atomic E-state index is 12.5. The van der Waals surface area contributed by atoms with E-state index in [1.54, 1.807) is 4.90 Å². The first kappa shape index (κ1) is 15.6. The molecule has 1 atom stereocenters. The minimum atomic E-state index is -0.906. The fraction of sp³-hybridized carbons (Fsp3) is 0.412. The van der Waals surface area contributed by atoms with Gasteiger partial charge in [-0.05, 0) is 24.1 Å². The van der Waals surface area contributed by atoms with E-state index in [0.717, 1.165) is 16.5 Å². The second-order valence-corrected chi connectivity index (χ2v) is 5.97. The number of aliphatic carboxylic acids is 1. The highest BCUT2D eigenvalue weighted by molar-refractivity contribution is 5.89. The second kappa shape index (κ2) is 6.42. The van der Waals surface area contributed by atoms with Gasteiger partial charge in [0.05, 0.1) is 25.6 Å². The summed E-state index contributed by atoms with van der Waals surface area (Å²) in [6.07, 6.45) is 1.69. The third-order valence-corrected chi connectivity index (χ3v) is 4.16. The van der Waals surface area contributed by atoms with Crippen LogP contribution in [-0.4, -0.2) is 52.7 Å². The minimum Gasteiger partial charge on any atom is -0.481 e. The lowest BCUT2D eigenvalue weighted by molar-refractivity contribution is -0.147. The predicted molar refractivity (Wildman–Crippen MR) is 85.3 cm³/mol. The van der Waals surface area contributed by atoms with Crippen molar-refractivity contribution in [2.24, 2.45) is 0 Å². The van der Waals surface area contributed by atoms with Gasteiger partial charge in [-0.2, -0.15) is 0 Å². The Morgan fingerprint density at radius 2 is 2.26 bits per heavy atom. The van der Waals surface area contributed by atoms with Gasteiger partial charge in [0.15, 0.2) is 0 Å². The van der Waals surface area contributed by atoms with Crippen molar-refractivity contribution in [2.75, 3.05) is 19.7 Å². The molecule has 122 valence electrons. The molecule has 6 nitrogen and oxygen atoms in total. The van der Waals surface area contributed by atoms with Gasteiger partial charge >= 0.3 is 5.97 Å². The smallest absolute Gasteiger partial charge is 0.306 e. The molecule has 0 aliphatic carbocycles. The van der Waals surface area contributed by atoms with Gasteiger partial charge in [-0.15, -0.1) is 0 Å². The minimum absolute atomic E-state index is 0.00478. The number of fused-ring (bicyclic) bond motifs is 1. The number of aromatic nitrogens is 1. The van der Waals surface area contributed by atoms with Crippen LogP contribution in [0.4, 0.5) is 0 Å². The normalized spacial score (nSPS) is 18.3. The number of H-pyrrole nitrogens is 1. The number of carboxylic acid groups (broad SMARTS) is 1. The molecule has 1 amide bonds. The van der Waals surface area contributed by atoms with Crippen LogP contribution in [0, 0.1) is 6.92 Å². The van der Waals surface area contributed by atoms with Crippen molar-refractivity contribution in [1.29, 1.82) is 0 Å². The van der Waals surface area contributed by atoms with E-state index >= 15 is 0 Å². The average Bonchev–Trinajstić information content (AvgIpc) is 2.89. The Hall–Kier alpha value is -2.34. The summed E-state index contributed by atoms with van der Waals surface area (Å²) in [5.41, 5.74) is 3.16. The zero-order valence-electron chi connectivity index (χ0n) is 13.0. The molecule has 1 aromatic heterocycles. The number of carboxylic acids is 1. The van der Waals surface area contributed by atoms with Crippen molar-refractivity contribution >= 4 is 22.8 Å². The van der Waals surface area contributed by atoms with E-state index < -0.39 is 12.1 Å². The second-order valence-electron chi connectivity index (χ2n) is 5.97. The van der Waals surface area contributed by atoms with Gasteiger partial charge in [0, 0.05) is 30.2 Å². The SMILES string of the molecule is Cc1ccc2c(CC(=O)N3CCOC(CC(=O)O)C3)c[nH]c2c1. The van der Waals surface area contributed by atoms with Crippen LogP contribution in [-0.2, 0) is 20.7 Å². The molecule has 2 N–H and O–H groups in total. The Morgan fingerprint density at radius 1 is 1.43 bits per heavy atom. The van der Waals surface area contributed by atoms with Crippen LogP contribution in [0.1, 0.15) is 17.5 Å². The van der Waals surface area contributed by atoms with E-state index in [-0.39, 0.29) is 12.3 Å². The lowest BCUT2D eigenvalue weighted by atomic mass is 10.1.